The van der Waals surface area contributed by atoms with Crippen molar-refractivity contribution in [1.82, 2.24) is 10.2 Å². The lowest BCUT2D eigenvalue weighted by Gasteiger charge is -2.42. The molecule has 19 heavy (non-hydrogen) atoms. The Balaban J connectivity index is 1.87. The highest BCUT2D eigenvalue weighted by atomic mass is 15.1. The van der Waals surface area contributed by atoms with Crippen LogP contribution in [-0.4, -0.2) is 37.1 Å². The summed E-state index contributed by atoms with van der Waals surface area (Å²) in [5.41, 5.74) is 0.567. The Morgan fingerprint density at radius 2 is 1.89 bits per heavy atom. The Bertz CT molecular complexity index is 254. The van der Waals surface area contributed by atoms with Crippen LogP contribution in [0, 0.1) is 5.41 Å². The van der Waals surface area contributed by atoms with Gasteiger partial charge in [-0.3, -0.25) is 0 Å². The normalized spacial score (nSPS) is 24.6. The van der Waals surface area contributed by atoms with Gasteiger partial charge in [0.2, 0.25) is 0 Å². The monoisotopic (exact) mass is 266 g/mol. The van der Waals surface area contributed by atoms with Crippen LogP contribution in [0.1, 0.15) is 71.6 Å². The lowest BCUT2D eigenvalue weighted by Crippen LogP contribution is -2.47. The van der Waals surface area contributed by atoms with Gasteiger partial charge in [-0.15, -0.1) is 0 Å². The number of rotatable bonds is 8. The fourth-order valence-electron chi connectivity index (χ4n) is 3.66. The van der Waals surface area contributed by atoms with E-state index in [4.69, 9.17) is 0 Å². The quantitative estimate of drug-likeness (QED) is 0.718. The number of nitrogens with zero attached hydrogens (tertiary/aromatic N) is 1. The van der Waals surface area contributed by atoms with Gasteiger partial charge in [-0.2, -0.15) is 0 Å². The fraction of sp³-hybridized carbons (Fsp3) is 1.00. The summed E-state index contributed by atoms with van der Waals surface area (Å²) in [6.07, 6.45) is 12.7. The molecule has 0 aromatic rings. The topological polar surface area (TPSA) is 15.3 Å². The maximum absolute atomic E-state index is 3.82. The number of nitrogens with one attached hydrogen (secondary N) is 1. The average molecular weight is 266 g/mol. The molecule has 2 aliphatic carbocycles. The van der Waals surface area contributed by atoms with Crippen molar-refractivity contribution in [2.24, 2.45) is 5.41 Å². The third kappa shape index (κ3) is 4.75. The summed E-state index contributed by atoms with van der Waals surface area (Å²) in [6.45, 7) is 7.26. The van der Waals surface area contributed by atoms with Gasteiger partial charge in [0.25, 0.3) is 0 Å². The van der Waals surface area contributed by atoms with Gasteiger partial charge in [0, 0.05) is 25.2 Å². The standard InChI is InChI=1S/C17H34N2/c1-4-8-15(2)19(3)14-17(11-6-5-7-12-17)13-18-16-9-10-16/h15-16,18H,4-14H2,1-3H3. The van der Waals surface area contributed by atoms with Crippen molar-refractivity contribution in [3.05, 3.63) is 0 Å². The average Bonchev–Trinajstić information content (AvgIpc) is 3.22. The van der Waals surface area contributed by atoms with Crippen LogP contribution >= 0.6 is 0 Å². The molecule has 2 heteroatoms. The molecule has 2 fully saturated rings. The van der Waals surface area contributed by atoms with Crippen molar-refractivity contribution >= 4 is 0 Å². The van der Waals surface area contributed by atoms with Crippen molar-refractivity contribution in [2.75, 3.05) is 20.1 Å². The van der Waals surface area contributed by atoms with Gasteiger partial charge in [0.1, 0.15) is 0 Å². The second kappa shape index (κ2) is 7.08. The number of hydrogen-bond acceptors (Lipinski definition) is 2. The van der Waals surface area contributed by atoms with E-state index in [0.717, 1.165) is 12.1 Å². The SMILES string of the molecule is CCCC(C)N(C)CC1(CNC2CC2)CCCCC1. The number of hydrogen-bond donors (Lipinski definition) is 1. The zero-order chi connectivity index (χ0) is 13.7. The molecule has 0 spiro atoms. The molecule has 2 saturated carbocycles. The summed E-state index contributed by atoms with van der Waals surface area (Å²) in [4.78, 5) is 2.63. The predicted octanol–water partition coefficient (Wildman–Crippen LogP) is 3.81. The molecule has 0 aromatic heterocycles. The molecule has 2 nitrogen and oxygen atoms in total. The summed E-state index contributed by atoms with van der Waals surface area (Å²) >= 11 is 0. The molecule has 0 aliphatic heterocycles. The van der Waals surface area contributed by atoms with Gasteiger partial charge in [-0.25, -0.2) is 0 Å². The van der Waals surface area contributed by atoms with Crippen LogP contribution in [0.15, 0.2) is 0 Å². The van der Waals surface area contributed by atoms with E-state index in [9.17, 15) is 0 Å². The smallest absolute Gasteiger partial charge is 0.00684 e. The first-order chi connectivity index (χ1) is 9.15. The van der Waals surface area contributed by atoms with E-state index in [-0.39, 0.29) is 0 Å². The molecule has 0 saturated heterocycles. The highest BCUT2D eigenvalue weighted by Gasteiger charge is 2.35. The van der Waals surface area contributed by atoms with Crippen LogP contribution in [0.2, 0.25) is 0 Å². The molecule has 1 N–H and O–H groups in total. The second-order valence-corrected chi connectivity index (χ2v) is 7.27. The third-order valence-corrected chi connectivity index (χ3v) is 5.30. The largest absolute Gasteiger partial charge is 0.313 e. The third-order valence-electron chi connectivity index (χ3n) is 5.30. The van der Waals surface area contributed by atoms with Crippen molar-refractivity contribution in [3.63, 3.8) is 0 Å². The first kappa shape index (κ1) is 15.3. The van der Waals surface area contributed by atoms with Gasteiger partial charge < -0.3 is 10.2 Å². The Labute approximate surface area is 120 Å². The van der Waals surface area contributed by atoms with Crippen LogP contribution in [0.25, 0.3) is 0 Å². The fourth-order valence-corrected chi connectivity index (χ4v) is 3.66. The van der Waals surface area contributed by atoms with Crippen molar-refractivity contribution in [1.29, 1.82) is 0 Å². The van der Waals surface area contributed by atoms with E-state index in [2.05, 4.69) is 31.1 Å². The molecule has 1 unspecified atom stereocenters. The van der Waals surface area contributed by atoms with Crippen molar-refractivity contribution in [3.8, 4) is 0 Å². The van der Waals surface area contributed by atoms with Gasteiger partial charge in [-0.1, -0.05) is 32.6 Å². The molecule has 0 bridgehead atoms. The highest BCUT2D eigenvalue weighted by molar-refractivity contribution is 4.91. The Morgan fingerprint density at radius 3 is 2.47 bits per heavy atom. The minimum atomic E-state index is 0.567. The molecular formula is C17H34N2. The molecule has 1 atom stereocenters. The first-order valence-corrected chi connectivity index (χ1v) is 8.59. The van der Waals surface area contributed by atoms with Gasteiger partial charge >= 0.3 is 0 Å². The van der Waals surface area contributed by atoms with Crippen LogP contribution < -0.4 is 5.32 Å². The van der Waals surface area contributed by atoms with E-state index in [1.807, 2.05) is 0 Å². The van der Waals surface area contributed by atoms with E-state index >= 15 is 0 Å². The zero-order valence-electron chi connectivity index (χ0n) is 13.4. The van der Waals surface area contributed by atoms with Crippen LogP contribution in [0.5, 0.6) is 0 Å². The van der Waals surface area contributed by atoms with E-state index in [1.54, 1.807) is 0 Å². The molecule has 0 aromatic carbocycles. The predicted molar refractivity (Wildman–Crippen MR) is 83.5 cm³/mol. The Kier molecular flexibility index (Phi) is 5.70. The molecule has 0 amide bonds. The van der Waals surface area contributed by atoms with E-state index < -0.39 is 0 Å². The van der Waals surface area contributed by atoms with Gasteiger partial charge in [0.15, 0.2) is 0 Å². The maximum atomic E-state index is 3.82. The molecule has 112 valence electrons. The lowest BCUT2D eigenvalue weighted by molar-refractivity contribution is 0.0939. The summed E-state index contributed by atoms with van der Waals surface area (Å²) < 4.78 is 0. The van der Waals surface area contributed by atoms with Gasteiger partial charge in [-0.05, 0) is 51.5 Å². The Morgan fingerprint density at radius 1 is 1.21 bits per heavy atom. The minimum absolute atomic E-state index is 0.567. The molecule has 0 heterocycles. The van der Waals surface area contributed by atoms with Crippen LogP contribution in [0.4, 0.5) is 0 Å². The first-order valence-electron chi connectivity index (χ1n) is 8.59. The maximum Gasteiger partial charge on any atom is 0.00684 e. The second-order valence-electron chi connectivity index (χ2n) is 7.27. The molecule has 2 aliphatic rings. The minimum Gasteiger partial charge on any atom is -0.313 e. The van der Waals surface area contributed by atoms with Crippen molar-refractivity contribution < 1.29 is 0 Å². The van der Waals surface area contributed by atoms with Crippen molar-refractivity contribution in [2.45, 2.75) is 83.7 Å². The summed E-state index contributed by atoms with van der Waals surface area (Å²) in [7, 11) is 2.34. The van der Waals surface area contributed by atoms with E-state index in [0.29, 0.717) is 5.41 Å². The Hall–Kier alpha value is -0.0800. The molecular weight excluding hydrogens is 232 g/mol. The zero-order valence-corrected chi connectivity index (χ0v) is 13.4. The van der Waals surface area contributed by atoms with Crippen LogP contribution in [-0.2, 0) is 0 Å². The summed E-state index contributed by atoms with van der Waals surface area (Å²) in [5, 5.41) is 3.82. The molecule has 0 radical (unpaired) electrons. The van der Waals surface area contributed by atoms with E-state index in [1.165, 1.54) is 70.9 Å². The highest BCUT2D eigenvalue weighted by Crippen LogP contribution is 2.37. The van der Waals surface area contributed by atoms with Crippen LogP contribution in [0.3, 0.4) is 0 Å². The van der Waals surface area contributed by atoms with Gasteiger partial charge in [0.05, 0.1) is 0 Å². The summed E-state index contributed by atoms with van der Waals surface area (Å²) in [6, 6.07) is 1.60. The summed E-state index contributed by atoms with van der Waals surface area (Å²) in [5.74, 6) is 0. The lowest BCUT2D eigenvalue weighted by atomic mass is 9.73. The molecule has 2 rings (SSSR count).